The van der Waals surface area contributed by atoms with Crippen molar-refractivity contribution in [2.45, 2.75) is 19.6 Å². The number of carboxylic acids is 1. The third-order valence-corrected chi connectivity index (χ3v) is 3.97. The van der Waals surface area contributed by atoms with Crippen molar-refractivity contribution in [3.05, 3.63) is 38.8 Å². The maximum Gasteiger partial charge on any atom is 0.307 e. The fraction of sp³-hybridized carbons (Fsp3) is 0.231. The molecule has 0 spiro atoms. The smallest absolute Gasteiger partial charge is 0.307 e. The van der Waals surface area contributed by atoms with E-state index in [1.807, 2.05) is 24.3 Å². The number of fused-ring (bicyclic) bond motifs is 3. The Hall–Kier alpha value is -2.08. The van der Waals surface area contributed by atoms with Gasteiger partial charge in [0.2, 0.25) is 0 Å². The highest BCUT2D eigenvalue weighted by atomic mass is 32.1. The second kappa shape index (κ2) is 4.55. The fourth-order valence-electron chi connectivity index (χ4n) is 2.19. The third-order valence-electron chi connectivity index (χ3n) is 3.02. The average Bonchev–Trinajstić information content (AvgIpc) is 2.72. The molecule has 5 nitrogen and oxygen atoms in total. The Morgan fingerprint density at radius 1 is 1.42 bits per heavy atom. The molecule has 1 aromatic carbocycles. The van der Waals surface area contributed by atoms with Crippen molar-refractivity contribution in [2.75, 3.05) is 0 Å². The van der Waals surface area contributed by atoms with Crippen LogP contribution in [0, 0.1) is 0 Å². The zero-order valence-corrected chi connectivity index (χ0v) is 10.8. The summed E-state index contributed by atoms with van der Waals surface area (Å²) in [6, 6.07) is 7.48. The second-order valence-electron chi connectivity index (χ2n) is 4.22. The normalized spacial score (nSPS) is 12.4. The summed E-state index contributed by atoms with van der Waals surface area (Å²) in [5.41, 5.74) is 1.66. The molecule has 0 saturated heterocycles. The van der Waals surface area contributed by atoms with Gasteiger partial charge in [0.1, 0.15) is 12.4 Å². The minimum atomic E-state index is -0.910. The SMILES string of the molecule is O=C(O)CCn1c2c(sc1=O)COc1ccccc1-2. The number of rotatable bonds is 3. The van der Waals surface area contributed by atoms with Gasteiger partial charge in [0, 0.05) is 12.1 Å². The zero-order chi connectivity index (χ0) is 13.4. The van der Waals surface area contributed by atoms with E-state index in [4.69, 9.17) is 9.84 Å². The second-order valence-corrected chi connectivity index (χ2v) is 5.27. The van der Waals surface area contributed by atoms with E-state index >= 15 is 0 Å². The number of hydrogen-bond donors (Lipinski definition) is 1. The van der Waals surface area contributed by atoms with Crippen molar-refractivity contribution >= 4 is 17.3 Å². The maximum absolute atomic E-state index is 12.0. The van der Waals surface area contributed by atoms with E-state index in [2.05, 4.69) is 0 Å². The summed E-state index contributed by atoms with van der Waals surface area (Å²) in [5.74, 6) is -0.177. The number of carboxylic acid groups (broad SMARTS) is 1. The first-order valence-corrected chi connectivity index (χ1v) is 6.65. The van der Waals surface area contributed by atoms with Gasteiger partial charge in [-0.2, -0.15) is 0 Å². The zero-order valence-electron chi connectivity index (χ0n) is 9.96. The van der Waals surface area contributed by atoms with E-state index in [1.54, 1.807) is 0 Å². The van der Waals surface area contributed by atoms with Gasteiger partial charge in [-0.15, -0.1) is 0 Å². The van der Waals surface area contributed by atoms with Crippen LogP contribution in [0.2, 0.25) is 0 Å². The number of ether oxygens (including phenoxy) is 1. The molecule has 1 aliphatic heterocycles. The first kappa shape index (κ1) is 12.0. The van der Waals surface area contributed by atoms with Crippen LogP contribution in [0.25, 0.3) is 11.3 Å². The molecule has 0 amide bonds. The Labute approximate surface area is 112 Å². The van der Waals surface area contributed by atoms with E-state index in [-0.39, 0.29) is 17.8 Å². The topological polar surface area (TPSA) is 68.5 Å². The molecule has 1 aliphatic rings. The summed E-state index contributed by atoms with van der Waals surface area (Å²) in [6.07, 6.45) is -0.0634. The molecular formula is C13H11NO4S. The van der Waals surface area contributed by atoms with Crippen molar-refractivity contribution in [1.29, 1.82) is 0 Å². The fourth-order valence-corrected chi connectivity index (χ4v) is 3.12. The minimum absolute atomic E-state index is 0.0634. The largest absolute Gasteiger partial charge is 0.487 e. The number of benzene rings is 1. The van der Waals surface area contributed by atoms with E-state index in [0.717, 1.165) is 33.2 Å². The van der Waals surface area contributed by atoms with Crippen LogP contribution in [0.15, 0.2) is 29.1 Å². The van der Waals surface area contributed by atoms with Crippen molar-refractivity contribution < 1.29 is 14.6 Å². The van der Waals surface area contributed by atoms with Crippen LogP contribution in [0.3, 0.4) is 0 Å². The van der Waals surface area contributed by atoms with Gasteiger partial charge >= 0.3 is 10.8 Å². The molecule has 2 aromatic rings. The van der Waals surface area contributed by atoms with Crippen molar-refractivity contribution in [2.24, 2.45) is 0 Å². The van der Waals surface area contributed by atoms with E-state index in [0.29, 0.717) is 6.61 Å². The highest BCUT2D eigenvalue weighted by Gasteiger charge is 2.24. The van der Waals surface area contributed by atoms with Crippen LogP contribution in [0.4, 0.5) is 0 Å². The minimum Gasteiger partial charge on any atom is -0.487 e. The predicted octanol–water partition coefficient (Wildman–Crippen LogP) is 1.94. The van der Waals surface area contributed by atoms with Crippen LogP contribution in [-0.2, 0) is 17.9 Å². The summed E-state index contributed by atoms with van der Waals surface area (Å²) >= 11 is 1.12. The van der Waals surface area contributed by atoms with Gasteiger partial charge in [-0.1, -0.05) is 23.5 Å². The van der Waals surface area contributed by atoms with Crippen LogP contribution in [0.1, 0.15) is 11.3 Å². The van der Waals surface area contributed by atoms with Crippen molar-refractivity contribution in [1.82, 2.24) is 4.57 Å². The Bertz CT molecular complexity index is 701. The number of hydrogen-bond acceptors (Lipinski definition) is 4. The molecule has 0 aliphatic carbocycles. The first-order chi connectivity index (χ1) is 9.16. The predicted molar refractivity (Wildman–Crippen MR) is 70.6 cm³/mol. The molecule has 2 heterocycles. The summed E-state index contributed by atoms with van der Waals surface area (Å²) in [4.78, 5) is 23.4. The highest BCUT2D eigenvalue weighted by molar-refractivity contribution is 7.09. The molecule has 0 saturated carbocycles. The molecule has 1 aromatic heterocycles. The quantitative estimate of drug-likeness (QED) is 0.931. The van der Waals surface area contributed by atoms with Gasteiger partial charge in [0.25, 0.3) is 0 Å². The Kier molecular flexibility index (Phi) is 2.87. The number of nitrogens with zero attached hydrogens (tertiary/aromatic N) is 1. The Morgan fingerprint density at radius 2 is 2.21 bits per heavy atom. The Balaban J connectivity index is 2.12. The molecule has 0 atom stereocenters. The standard InChI is InChI=1S/C13H11NO4S/c15-11(16)5-6-14-12-8-3-1-2-4-9(8)18-7-10(12)19-13(14)17/h1-4H,5-7H2,(H,15,16). The molecule has 1 N–H and O–H groups in total. The molecule has 19 heavy (non-hydrogen) atoms. The summed E-state index contributed by atoms with van der Waals surface area (Å²) in [7, 11) is 0. The number of carbonyl (C=O) groups is 1. The van der Waals surface area contributed by atoms with Gasteiger partial charge in [-0.05, 0) is 12.1 Å². The van der Waals surface area contributed by atoms with Crippen LogP contribution in [0.5, 0.6) is 5.75 Å². The van der Waals surface area contributed by atoms with Gasteiger partial charge in [0.15, 0.2) is 0 Å². The van der Waals surface area contributed by atoms with Crippen molar-refractivity contribution in [3.63, 3.8) is 0 Å². The third kappa shape index (κ3) is 2.04. The molecule has 6 heteroatoms. The number of aromatic nitrogens is 1. The Morgan fingerprint density at radius 3 is 3.00 bits per heavy atom. The van der Waals surface area contributed by atoms with E-state index in [1.165, 1.54) is 4.57 Å². The average molecular weight is 277 g/mol. The lowest BCUT2D eigenvalue weighted by Crippen LogP contribution is -2.17. The van der Waals surface area contributed by atoms with Crippen LogP contribution < -0.4 is 9.61 Å². The molecular weight excluding hydrogens is 266 g/mol. The lowest BCUT2D eigenvalue weighted by Gasteiger charge is -2.18. The molecule has 0 fully saturated rings. The van der Waals surface area contributed by atoms with Crippen LogP contribution >= 0.6 is 11.3 Å². The molecule has 0 unspecified atom stereocenters. The molecule has 0 radical (unpaired) electrons. The highest BCUT2D eigenvalue weighted by Crippen LogP contribution is 2.38. The van der Waals surface area contributed by atoms with Gasteiger partial charge in [-0.25, -0.2) is 0 Å². The lowest BCUT2D eigenvalue weighted by molar-refractivity contribution is -0.137. The van der Waals surface area contributed by atoms with E-state index in [9.17, 15) is 9.59 Å². The van der Waals surface area contributed by atoms with E-state index < -0.39 is 5.97 Å². The molecule has 0 bridgehead atoms. The van der Waals surface area contributed by atoms with Crippen LogP contribution in [-0.4, -0.2) is 15.6 Å². The summed E-state index contributed by atoms with van der Waals surface area (Å²) < 4.78 is 7.12. The lowest BCUT2D eigenvalue weighted by atomic mass is 10.1. The molecule has 98 valence electrons. The number of aliphatic carboxylic acids is 1. The first-order valence-electron chi connectivity index (χ1n) is 5.83. The van der Waals surface area contributed by atoms with Crippen molar-refractivity contribution in [3.8, 4) is 17.0 Å². The maximum atomic E-state index is 12.0. The van der Waals surface area contributed by atoms with Gasteiger partial charge in [-0.3, -0.25) is 14.2 Å². The summed E-state index contributed by atoms with van der Waals surface area (Å²) in [5, 5.41) is 8.77. The number of thiazole rings is 1. The van der Waals surface area contributed by atoms with Gasteiger partial charge in [0.05, 0.1) is 17.0 Å². The van der Waals surface area contributed by atoms with Gasteiger partial charge < -0.3 is 9.84 Å². The monoisotopic (exact) mass is 277 g/mol. The summed E-state index contributed by atoms with van der Waals surface area (Å²) in [6.45, 7) is 0.556. The molecule has 3 rings (SSSR count). The number of para-hydroxylation sites is 1.